The van der Waals surface area contributed by atoms with E-state index in [1.807, 2.05) is 29.5 Å². The van der Waals surface area contributed by atoms with Crippen LogP contribution in [0.5, 0.6) is 0 Å². The van der Waals surface area contributed by atoms with Crippen LogP contribution >= 0.6 is 0 Å². The third-order valence-corrected chi connectivity index (χ3v) is 5.65. The molecule has 3 atom stereocenters. The lowest BCUT2D eigenvalue weighted by atomic mass is 9.75. The van der Waals surface area contributed by atoms with Gasteiger partial charge in [-0.3, -0.25) is 0 Å². The number of hydrazine groups is 1. The summed E-state index contributed by atoms with van der Waals surface area (Å²) in [7, 11) is 0. The van der Waals surface area contributed by atoms with E-state index in [9.17, 15) is 0 Å². The van der Waals surface area contributed by atoms with E-state index in [1.54, 1.807) is 6.20 Å². The summed E-state index contributed by atoms with van der Waals surface area (Å²) >= 11 is 0. The van der Waals surface area contributed by atoms with E-state index in [0.717, 1.165) is 34.8 Å². The third-order valence-electron chi connectivity index (χ3n) is 5.65. The summed E-state index contributed by atoms with van der Waals surface area (Å²) in [5, 5.41) is 2.92. The molecule has 1 aliphatic carbocycles. The molecule has 1 fully saturated rings. The van der Waals surface area contributed by atoms with Crippen LogP contribution in [0, 0.1) is 17.8 Å². The molecule has 0 spiro atoms. The van der Waals surface area contributed by atoms with Crippen molar-refractivity contribution in [2.75, 3.05) is 11.6 Å². The van der Waals surface area contributed by atoms with Crippen molar-refractivity contribution in [3.63, 3.8) is 0 Å². The molecule has 3 heterocycles. The Balaban J connectivity index is 1.43. The Kier molecular flexibility index (Phi) is 4.87. The van der Waals surface area contributed by atoms with Gasteiger partial charge in [0.2, 0.25) is 0 Å². The first-order valence-corrected chi connectivity index (χ1v) is 9.58. The molecule has 26 heavy (non-hydrogen) atoms. The Bertz CT molecular complexity index is 785. The molecule has 1 aliphatic heterocycles. The number of aromatic amines is 1. The first-order valence-electron chi connectivity index (χ1n) is 9.58. The number of hydrogen-bond donors (Lipinski definition) is 2. The van der Waals surface area contributed by atoms with Crippen molar-refractivity contribution in [2.45, 2.75) is 46.1 Å². The Morgan fingerprint density at radius 2 is 2.23 bits per heavy atom. The molecule has 2 aromatic heterocycles. The Morgan fingerprint density at radius 1 is 1.35 bits per heavy atom. The highest BCUT2D eigenvalue weighted by Gasteiger charge is 2.32. The van der Waals surface area contributed by atoms with Crippen molar-refractivity contribution >= 4 is 16.7 Å². The van der Waals surface area contributed by atoms with Crippen molar-refractivity contribution in [1.82, 2.24) is 15.6 Å². The molecule has 6 nitrogen and oxygen atoms in total. The van der Waals surface area contributed by atoms with Gasteiger partial charge in [0.25, 0.3) is 0 Å². The minimum atomic E-state index is 0.314. The van der Waals surface area contributed by atoms with Gasteiger partial charge in [-0.1, -0.05) is 32.8 Å². The van der Waals surface area contributed by atoms with Gasteiger partial charge >= 0.3 is 0 Å². The van der Waals surface area contributed by atoms with Gasteiger partial charge in [-0.05, 0) is 42.7 Å². The first-order chi connectivity index (χ1) is 12.6. The van der Waals surface area contributed by atoms with Crippen LogP contribution in [-0.2, 0) is 9.57 Å². The van der Waals surface area contributed by atoms with Crippen molar-refractivity contribution in [3.8, 4) is 0 Å². The number of rotatable bonds is 5. The van der Waals surface area contributed by atoms with Crippen molar-refractivity contribution in [1.29, 1.82) is 0 Å². The molecular formula is C20H28N4O2. The number of nitrogens with zero attached hydrogens (tertiary/aromatic N) is 2. The van der Waals surface area contributed by atoms with E-state index in [0.29, 0.717) is 24.5 Å². The number of aromatic nitrogens is 2. The predicted molar refractivity (Wildman–Crippen MR) is 102 cm³/mol. The first kappa shape index (κ1) is 17.4. The second-order valence-electron chi connectivity index (χ2n) is 7.90. The van der Waals surface area contributed by atoms with E-state index < -0.39 is 0 Å². The van der Waals surface area contributed by atoms with Gasteiger partial charge in [0, 0.05) is 17.8 Å². The van der Waals surface area contributed by atoms with E-state index in [-0.39, 0.29) is 0 Å². The molecule has 0 bridgehead atoms. The van der Waals surface area contributed by atoms with Gasteiger partial charge in [-0.15, -0.1) is 0 Å². The molecule has 2 aliphatic rings. The molecule has 4 rings (SSSR count). The Labute approximate surface area is 154 Å². The zero-order valence-electron chi connectivity index (χ0n) is 15.7. The number of ether oxygens (including phenoxy) is 1. The lowest BCUT2D eigenvalue weighted by Crippen LogP contribution is -2.34. The molecule has 2 aromatic rings. The zero-order valence-corrected chi connectivity index (χ0v) is 15.7. The molecule has 0 amide bonds. The molecular weight excluding hydrogens is 328 g/mol. The Morgan fingerprint density at radius 3 is 3.08 bits per heavy atom. The number of hydrogen-bond acceptors (Lipinski definition) is 5. The number of fused-ring (bicyclic) bond motifs is 1. The summed E-state index contributed by atoms with van der Waals surface area (Å²) in [6, 6.07) is 3.97. The van der Waals surface area contributed by atoms with E-state index in [2.05, 4.69) is 36.3 Å². The van der Waals surface area contributed by atoms with Crippen molar-refractivity contribution in [3.05, 3.63) is 36.5 Å². The number of nitrogens with one attached hydrogen (secondary N) is 2. The maximum absolute atomic E-state index is 6.29. The normalized spacial score (nSPS) is 26.4. The molecule has 140 valence electrons. The highest BCUT2D eigenvalue weighted by atomic mass is 16.7. The second-order valence-corrected chi connectivity index (χ2v) is 7.90. The summed E-state index contributed by atoms with van der Waals surface area (Å²) in [5.74, 6) is 2.82. The minimum absolute atomic E-state index is 0.314. The lowest BCUT2D eigenvalue weighted by Gasteiger charge is -2.37. The van der Waals surface area contributed by atoms with Crippen LogP contribution in [0.2, 0.25) is 0 Å². The van der Waals surface area contributed by atoms with Crippen LogP contribution in [0.1, 0.15) is 40.0 Å². The molecule has 1 saturated carbocycles. The number of pyridine rings is 1. The quantitative estimate of drug-likeness (QED) is 0.843. The fourth-order valence-electron chi connectivity index (χ4n) is 4.14. The van der Waals surface area contributed by atoms with Gasteiger partial charge in [0.05, 0.1) is 18.0 Å². The van der Waals surface area contributed by atoms with Crippen LogP contribution in [0.25, 0.3) is 11.0 Å². The average Bonchev–Trinajstić information content (AvgIpc) is 3.28. The van der Waals surface area contributed by atoms with Gasteiger partial charge in [-0.2, -0.15) is 0 Å². The van der Waals surface area contributed by atoms with E-state index >= 15 is 0 Å². The second kappa shape index (κ2) is 7.29. The van der Waals surface area contributed by atoms with Crippen molar-refractivity contribution in [2.24, 2.45) is 17.8 Å². The van der Waals surface area contributed by atoms with Gasteiger partial charge < -0.3 is 14.6 Å². The maximum Gasteiger partial charge on any atom is 0.170 e. The van der Waals surface area contributed by atoms with Crippen LogP contribution < -0.4 is 10.6 Å². The minimum Gasteiger partial charge on any atom is -0.389 e. The molecule has 0 radical (unpaired) electrons. The zero-order chi connectivity index (χ0) is 18.1. The summed E-state index contributed by atoms with van der Waals surface area (Å²) in [6.07, 6.45) is 9.66. The van der Waals surface area contributed by atoms with Gasteiger partial charge in [0.15, 0.2) is 5.76 Å². The van der Waals surface area contributed by atoms with E-state index in [1.165, 1.54) is 12.8 Å². The standard InChI is InChI=1S/C20H28N4O2/c1-13(2)16-5-4-14(3)10-19(16)25-12-15-11-24(23-26-15)18-7-9-22-20-17(18)6-8-21-20/h6-9,11,13-14,16,19,23H,4-5,10,12H2,1-3H3,(H,21,22). The molecule has 3 unspecified atom stereocenters. The smallest absolute Gasteiger partial charge is 0.170 e. The fourth-order valence-corrected chi connectivity index (χ4v) is 4.14. The molecule has 0 saturated heterocycles. The summed E-state index contributed by atoms with van der Waals surface area (Å²) in [4.78, 5) is 13.1. The van der Waals surface area contributed by atoms with Crippen LogP contribution in [0.15, 0.2) is 36.5 Å². The molecule has 2 N–H and O–H groups in total. The predicted octanol–water partition coefficient (Wildman–Crippen LogP) is 4.14. The largest absolute Gasteiger partial charge is 0.389 e. The van der Waals surface area contributed by atoms with Crippen LogP contribution in [0.4, 0.5) is 5.69 Å². The highest BCUT2D eigenvalue weighted by molar-refractivity contribution is 5.89. The molecule has 0 aromatic carbocycles. The number of H-pyrrole nitrogens is 1. The Hall–Kier alpha value is -2.05. The van der Waals surface area contributed by atoms with Gasteiger partial charge in [-0.25, -0.2) is 9.99 Å². The van der Waals surface area contributed by atoms with Gasteiger partial charge in [0.1, 0.15) is 12.3 Å². The summed E-state index contributed by atoms with van der Waals surface area (Å²) in [5.41, 5.74) is 4.81. The monoisotopic (exact) mass is 356 g/mol. The maximum atomic E-state index is 6.29. The van der Waals surface area contributed by atoms with Crippen LogP contribution in [-0.4, -0.2) is 22.7 Å². The SMILES string of the molecule is CC1CCC(C(C)C)C(OCC2=CN(c3ccnc4[nH]ccc34)NO2)C1. The number of anilines is 1. The van der Waals surface area contributed by atoms with Crippen LogP contribution in [0.3, 0.4) is 0 Å². The summed E-state index contributed by atoms with van der Waals surface area (Å²) in [6.45, 7) is 7.42. The molecule has 6 heteroatoms. The average molecular weight is 356 g/mol. The van der Waals surface area contributed by atoms with Crippen molar-refractivity contribution < 1.29 is 9.57 Å². The summed E-state index contributed by atoms with van der Waals surface area (Å²) < 4.78 is 6.29. The fraction of sp³-hybridized carbons (Fsp3) is 0.550. The highest BCUT2D eigenvalue weighted by Crippen LogP contribution is 2.35. The van der Waals surface area contributed by atoms with E-state index in [4.69, 9.17) is 9.57 Å². The topological polar surface area (TPSA) is 62.4 Å². The third kappa shape index (κ3) is 3.44. The lowest BCUT2D eigenvalue weighted by molar-refractivity contribution is -0.0447.